The topological polar surface area (TPSA) is 75.9 Å². The van der Waals surface area contributed by atoms with E-state index in [0.717, 1.165) is 37.5 Å². The summed E-state index contributed by atoms with van der Waals surface area (Å²) in [6.07, 6.45) is 8.67. The highest BCUT2D eigenvalue weighted by molar-refractivity contribution is 7.99. The van der Waals surface area contributed by atoms with Gasteiger partial charge in [-0.15, -0.1) is 5.10 Å². The molecule has 0 radical (unpaired) electrons. The predicted molar refractivity (Wildman–Crippen MR) is 89.3 cm³/mol. The molecule has 128 valence electrons. The number of amides is 1. The second-order valence-electron chi connectivity index (χ2n) is 6.39. The van der Waals surface area contributed by atoms with Gasteiger partial charge in [0.1, 0.15) is 0 Å². The number of carbonyl (C=O) groups is 1. The zero-order chi connectivity index (χ0) is 15.9. The molecular weight excluding hydrogens is 312 g/mol. The van der Waals surface area contributed by atoms with E-state index in [1.165, 1.54) is 50.5 Å². The van der Waals surface area contributed by atoms with E-state index in [2.05, 4.69) is 25.7 Å². The molecule has 1 aliphatic heterocycles. The molecular formula is C15H26N6OS. The maximum atomic E-state index is 11.9. The lowest BCUT2D eigenvalue weighted by atomic mass is 10.2. The number of nitrogens with one attached hydrogen (secondary N) is 1. The van der Waals surface area contributed by atoms with Crippen molar-refractivity contribution >= 4 is 17.7 Å². The van der Waals surface area contributed by atoms with Gasteiger partial charge in [-0.1, -0.05) is 24.6 Å². The van der Waals surface area contributed by atoms with Crippen molar-refractivity contribution < 1.29 is 4.79 Å². The molecule has 7 nitrogen and oxygen atoms in total. The van der Waals surface area contributed by atoms with Crippen LogP contribution in [0.4, 0.5) is 0 Å². The number of likely N-dealkylation sites (tertiary alicyclic amines) is 1. The minimum atomic E-state index is 0.0659. The number of hydrogen-bond donors (Lipinski definition) is 1. The number of nitrogens with zero attached hydrogens (tertiary/aromatic N) is 5. The van der Waals surface area contributed by atoms with Crippen LogP contribution >= 0.6 is 11.8 Å². The van der Waals surface area contributed by atoms with Crippen molar-refractivity contribution in [2.24, 2.45) is 0 Å². The third-order valence-corrected chi connectivity index (χ3v) is 5.29. The Balaban J connectivity index is 1.28. The molecule has 1 aromatic heterocycles. The van der Waals surface area contributed by atoms with Gasteiger partial charge in [-0.2, -0.15) is 0 Å². The zero-order valence-electron chi connectivity index (χ0n) is 13.6. The smallest absolute Gasteiger partial charge is 0.230 e. The Bertz CT molecular complexity index is 496. The Morgan fingerprint density at radius 2 is 2.00 bits per heavy atom. The van der Waals surface area contributed by atoms with Crippen molar-refractivity contribution in [1.82, 2.24) is 30.4 Å². The van der Waals surface area contributed by atoms with Crippen LogP contribution in [0.3, 0.4) is 0 Å². The maximum absolute atomic E-state index is 11.9. The monoisotopic (exact) mass is 338 g/mol. The molecule has 1 saturated carbocycles. The third kappa shape index (κ3) is 5.46. The molecule has 1 saturated heterocycles. The maximum Gasteiger partial charge on any atom is 0.230 e. The lowest BCUT2D eigenvalue weighted by molar-refractivity contribution is -0.118. The van der Waals surface area contributed by atoms with Crippen LogP contribution in [-0.4, -0.2) is 62.9 Å². The zero-order valence-corrected chi connectivity index (χ0v) is 14.4. The van der Waals surface area contributed by atoms with Gasteiger partial charge in [-0.05, 0) is 62.2 Å². The molecule has 3 rings (SSSR count). The van der Waals surface area contributed by atoms with Gasteiger partial charge in [0.25, 0.3) is 0 Å². The summed E-state index contributed by atoms with van der Waals surface area (Å²) in [6.45, 7) is 4.28. The normalized spacial score (nSPS) is 19.5. The van der Waals surface area contributed by atoms with E-state index >= 15 is 0 Å². The Morgan fingerprint density at radius 1 is 1.22 bits per heavy atom. The number of thioether (sulfide) groups is 1. The highest BCUT2D eigenvalue weighted by Gasteiger charge is 2.28. The van der Waals surface area contributed by atoms with Crippen molar-refractivity contribution in [2.75, 3.05) is 31.9 Å². The van der Waals surface area contributed by atoms with Gasteiger partial charge < -0.3 is 10.2 Å². The molecule has 0 unspecified atom stereocenters. The lowest BCUT2D eigenvalue weighted by Crippen LogP contribution is -2.31. The van der Waals surface area contributed by atoms with Crippen molar-refractivity contribution in [3.05, 3.63) is 0 Å². The standard InChI is InChI=1S/C15H26N6OS/c22-14(12-23-15-17-18-19-21(15)13-6-7-13)16-8-5-11-20-9-3-1-2-4-10-20/h13H,1-12H2,(H,16,22). The first kappa shape index (κ1) is 16.7. The van der Waals surface area contributed by atoms with Crippen LogP contribution in [0.1, 0.15) is 51.0 Å². The van der Waals surface area contributed by atoms with Gasteiger partial charge in [0, 0.05) is 6.54 Å². The second kappa shape index (κ2) is 8.63. The predicted octanol–water partition coefficient (Wildman–Crippen LogP) is 1.48. The lowest BCUT2D eigenvalue weighted by Gasteiger charge is -2.19. The first-order valence-electron chi connectivity index (χ1n) is 8.72. The third-order valence-electron chi connectivity index (χ3n) is 4.36. The van der Waals surface area contributed by atoms with Crippen LogP contribution < -0.4 is 5.32 Å². The number of aromatic nitrogens is 4. The molecule has 0 spiro atoms. The van der Waals surface area contributed by atoms with Crippen LogP contribution in [-0.2, 0) is 4.79 Å². The van der Waals surface area contributed by atoms with E-state index < -0.39 is 0 Å². The fourth-order valence-electron chi connectivity index (χ4n) is 2.90. The van der Waals surface area contributed by atoms with Gasteiger partial charge in [0.15, 0.2) is 0 Å². The number of carbonyl (C=O) groups excluding carboxylic acids is 1. The minimum Gasteiger partial charge on any atom is -0.355 e. The fourth-order valence-corrected chi connectivity index (χ4v) is 3.67. The van der Waals surface area contributed by atoms with Gasteiger partial charge in [-0.3, -0.25) is 4.79 Å². The quantitative estimate of drug-likeness (QED) is 0.572. The van der Waals surface area contributed by atoms with Crippen LogP contribution in [0.25, 0.3) is 0 Å². The van der Waals surface area contributed by atoms with Crippen molar-refractivity contribution in [3.63, 3.8) is 0 Å². The molecule has 0 aromatic carbocycles. The number of tetrazole rings is 1. The van der Waals surface area contributed by atoms with Gasteiger partial charge >= 0.3 is 0 Å². The van der Waals surface area contributed by atoms with E-state index in [1.807, 2.05) is 4.68 Å². The highest BCUT2D eigenvalue weighted by Crippen LogP contribution is 2.36. The molecule has 0 bridgehead atoms. The minimum absolute atomic E-state index is 0.0659. The molecule has 1 aromatic rings. The summed E-state index contributed by atoms with van der Waals surface area (Å²) in [5.41, 5.74) is 0. The van der Waals surface area contributed by atoms with Crippen molar-refractivity contribution in [3.8, 4) is 0 Å². The number of hydrogen-bond acceptors (Lipinski definition) is 6. The molecule has 23 heavy (non-hydrogen) atoms. The van der Waals surface area contributed by atoms with E-state index in [1.54, 1.807) is 0 Å². The Hall–Kier alpha value is -1.15. The van der Waals surface area contributed by atoms with E-state index in [-0.39, 0.29) is 5.91 Å². The average molecular weight is 338 g/mol. The highest BCUT2D eigenvalue weighted by atomic mass is 32.2. The summed E-state index contributed by atoms with van der Waals surface area (Å²) in [4.78, 5) is 14.4. The van der Waals surface area contributed by atoms with E-state index in [0.29, 0.717) is 11.8 Å². The van der Waals surface area contributed by atoms with Gasteiger partial charge in [0.2, 0.25) is 11.1 Å². The Morgan fingerprint density at radius 3 is 2.74 bits per heavy atom. The molecule has 2 fully saturated rings. The Kier molecular flexibility index (Phi) is 6.27. The van der Waals surface area contributed by atoms with Crippen molar-refractivity contribution in [1.29, 1.82) is 0 Å². The van der Waals surface area contributed by atoms with Crippen LogP contribution in [0, 0.1) is 0 Å². The average Bonchev–Trinajstić information content (AvgIpc) is 3.34. The molecule has 1 amide bonds. The second-order valence-corrected chi connectivity index (χ2v) is 7.33. The summed E-state index contributed by atoms with van der Waals surface area (Å²) in [5.74, 6) is 0.452. The summed E-state index contributed by atoms with van der Waals surface area (Å²) in [5, 5.41) is 15.4. The molecule has 2 aliphatic rings. The van der Waals surface area contributed by atoms with Crippen LogP contribution in [0.15, 0.2) is 5.16 Å². The summed E-state index contributed by atoms with van der Waals surface area (Å²) < 4.78 is 1.84. The summed E-state index contributed by atoms with van der Waals surface area (Å²) in [7, 11) is 0. The molecule has 0 atom stereocenters. The van der Waals surface area contributed by atoms with Gasteiger partial charge in [0.05, 0.1) is 11.8 Å². The molecule has 1 N–H and O–H groups in total. The first-order valence-corrected chi connectivity index (χ1v) is 9.71. The largest absolute Gasteiger partial charge is 0.355 e. The van der Waals surface area contributed by atoms with Crippen LogP contribution in [0.2, 0.25) is 0 Å². The van der Waals surface area contributed by atoms with Crippen LogP contribution in [0.5, 0.6) is 0 Å². The van der Waals surface area contributed by atoms with E-state index in [9.17, 15) is 4.79 Å². The Labute approximate surface area is 141 Å². The van der Waals surface area contributed by atoms with Gasteiger partial charge in [-0.25, -0.2) is 4.68 Å². The summed E-state index contributed by atoms with van der Waals surface area (Å²) in [6, 6.07) is 0.448. The fraction of sp³-hybridized carbons (Fsp3) is 0.867. The van der Waals surface area contributed by atoms with Crippen molar-refractivity contribution in [2.45, 2.75) is 56.1 Å². The summed E-state index contributed by atoms with van der Waals surface area (Å²) >= 11 is 1.42. The molecule has 2 heterocycles. The first-order chi connectivity index (χ1) is 11.3. The molecule has 8 heteroatoms. The molecule has 1 aliphatic carbocycles. The number of rotatable bonds is 8. The SMILES string of the molecule is O=C(CSc1nnnn1C1CC1)NCCCN1CCCCCC1. The van der Waals surface area contributed by atoms with E-state index in [4.69, 9.17) is 0 Å².